The quantitative estimate of drug-likeness (QED) is 0.663. The van der Waals surface area contributed by atoms with E-state index in [4.69, 9.17) is 4.74 Å². The number of ether oxygens (including phenoxy) is 1. The van der Waals surface area contributed by atoms with E-state index in [1.165, 1.54) is 12.8 Å². The van der Waals surface area contributed by atoms with Crippen LogP contribution in [0.15, 0.2) is 24.3 Å². The number of hydrogen-bond acceptors (Lipinski definition) is 4. The standard InChI is InChI=1S/C24H40N4O2/c1-5-20(6-2)23(27-13-9-10-14-27)15-25-24(29)26-21-11-7-8-12-22(21)28-16-18(3)30-19(4)17-28/h7-8,11-12,18-20,23H,5-6,9-10,13-17H2,1-4H3,(H2,25,26,29)/t18-,19-,23+/m1/s1. The lowest BCUT2D eigenvalue weighted by Gasteiger charge is -2.37. The van der Waals surface area contributed by atoms with Crippen LogP contribution in [0, 0.1) is 5.92 Å². The van der Waals surface area contributed by atoms with E-state index in [0.717, 1.165) is 50.4 Å². The van der Waals surface area contributed by atoms with Crippen molar-refractivity contribution in [3.05, 3.63) is 24.3 Å². The van der Waals surface area contributed by atoms with Gasteiger partial charge in [0.25, 0.3) is 0 Å². The van der Waals surface area contributed by atoms with Gasteiger partial charge in [-0.05, 0) is 57.8 Å². The number of nitrogens with zero attached hydrogens (tertiary/aromatic N) is 2. The number of morpholine rings is 1. The van der Waals surface area contributed by atoms with Crippen LogP contribution >= 0.6 is 0 Å². The van der Waals surface area contributed by atoms with E-state index in [1.807, 2.05) is 18.2 Å². The molecule has 1 aromatic carbocycles. The second-order valence-electron chi connectivity index (χ2n) is 8.90. The number of carbonyl (C=O) groups is 1. The van der Waals surface area contributed by atoms with Crippen LogP contribution in [0.1, 0.15) is 53.4 Å². The zero-order chi connectivity index (χ0) is 21.5. The minimum atomic E-state index is -0.119. The third kappa shape index (κ3) is 5.88. The lowest BCUT2D eigenvalue weighted by Crippen LogP contribution is -2.48. The Labute approximate surface area is 182 Å². The summed E-state index contributed by atoms with van der Waals surface area (Å²) in [4.78, 5) is 17.7. The summed E-state index contributed by atoms with van der Waals surface area (Å²) in [6.07, 6.45) is 5.20. The van der Waals surface area contributed by atoms with Crippen molar-refractivity contribution >= 4 is 17.4 Å². The summed E-state index contributed by atoms with van der Waals surface area (Å²) in [6.45, 7) is 13.4. The van der Waals surface area contributed by atoms with E-state index in [-0.39, 0.29) is 18.2 Å². The molecule has 2 heterocycles. The maximum absolute atomic E-state index is 12.8. The number of urea groups is 1. The summed E-state index contributed by atoms with van der Waals surface area (Å²) < 4.78 is 5.87. The van der Waals surface area contributed by atoms with Crippen LogP contribution in [0.25, 0.3) is 0 Å². The normalized spacial score (nSPS) is 23.6. The first kappa shape index (κ1) is 22.9. The summed E-state index contributed by atoms with van der Waals surface area (Å²) in [5.74, 6) is 0.618. The van der Waals surface area contributed by atoms with Gasteiger partial charge in [0.15, 0.2) is 0 Å². The fourth-order valence-electron chi connectivity index (χ4n) is 5.09. The van der Waals surface area contributed by atoms with Crippen molar-refractivity contribution in [2.24, 2.45) is 5.92 Å². The summed E-state index contributed by atoms with van der Waals surface area (Å²) in [7, 11) is 0. The van der Waals surface area contributed by atoms with Crippen LogP contribution in [-0.4, -0.2) is 61.9 Å². The van der Waals surface area contributed by atoms with Crippen molar-refractivity contribution in [2.45, 2.75) is 71.6 Å². The Morgan fingerprint density at radius 1 is 1.10 bits per heavy atom. The van der Waals surface area contributed by atoms with E-state index in [2.05, 4.69) is 54.2 Å². The van der Waals surface area contributed by atoms with E-state index >= 15 is 0 Å². The summed E-state index contributed by atoms with van der Waals surface area (Å²) in [6, 6.07) is 8.37. The molecule has 6 heteroatoms. The highest BCUT2D eigenvalue weighted by molar-refractivity contribution is 5.93. The molecule has 3 atom stereocenters. The van der Waals surface area contributed by atoms with Gasteiger partial charge < -0.3 is 20.3 Å². The number of para-hydroxylation sites is 2. The molecule has 2 fully saturated rings. The number of nitrogens with one attached hydrogen (secondary N) is 2. The van der Waals surface area contributed by atoms with E-state index in [0.29, 0.717) is 18.5 Å². The molecule has 0 aliphatic carbocycles. The average Bonchev–Trinajstić information content (AvgIpc) is 3.25. The monoisotopic (exact) mass is 416 g/mol. The van der Waals surface area contributed by atoms with Crippen LogP contribution in [-0.2, 0) is 4.74 Å². The van der Waals surface area contributed by atoms with Gasteiger partial charge in [-0.15, -0.1) is 0 Å². The summed E-state index contributed by atoms with van der Waals surface area (Å²) >= 11 is 0. The topological polar surface area (TPSA) is 56.8 Å². The zero-order valence-corrected chi connectivity index (χ0v) is 19.2. The molecule has 30 heavy (non-hydrogen) atoms. The number of carbonyl (C=O) groups excluding carboxylic acids is 1. The molecule has 0 radical (unpaired) electrons. The molecule has 0 bridgehead atoms. The Morgan fingerprint density at radius 3 is 2.37 bits per heavy atom. The predicted octanol–water partition coefficient (Wildman–Crippen LogP) is 4.32. The maximum atomic E-state index is 12.8. The molecule has 2 saturated heterocycles. The van der Waals surface area contributed by atoms with Gasteiger partial charge in [0.1, 0.15) is 0 Å². The molecule has 0 spiro atoms. The average molecular weight is 417 g/mol. The van der Waals surface area contributed by atoms with Crippen LogP contribution < -0.4 is 15.5 Å². The maximum Gasteiger partial charge on any atom is 0.319 e. The minimum absolute atomic E-state index is 0.119. The van der Waals surface area contributed by atoms with Gasteiger partial charge in [-0.3, -0.25) is 4.90 Å². The van der Waals surface area contributed by atoms with E-state index in [1.54, 1.807) is 0 Å². The molecule has 3 rings (SSSR count). The molecule has 6 nitrogen and oxygen atoms in total. The number of rotatable bonds is 8. The highest BCUT2D eigenvalue weighted by Gasteiger charge is 2.28. The number of benzene rings is 1. The molecule has 1 aromatic rings. The van der Waals surface area contributed by atoms with Crippen LogP contribution in [0.2, 0.25) is 0 Å². The smallest absolute Gasteiger partial charge is 0.319 e. The van der Waals surface area contributed by atoms with E-state index < -0.39 is 0 Å². The van der Waals surface area contributed by atoms with Crippen molar-refractivity contribution in [2.75, 3.05) is 42.9 Å². The van der Waals surface area contributed by atoms with Gasteiger partial charge in [-0.2, -0.15) is 0 Å². The second-order valence-corrected chi connectivity index (χ2v) is 8.90. The first-order chi connectivity index (χ1) is 14.5. The second kappa shape index (κ2) is 11.0. The Bertz CT molecular complexity index is 661. The third-order valence-electron chi connectivity index (χ3n) is 6.59. The molecule has 2 amide bonds. The molecule has 0 saturated carbocycles. The van der Waals surface area contributed by atoms with Crippen molar-refractivity contribution in [1.29, 1.82) is 0 Å². The summed E-state index contributed by atoms with van der Waals surface area (Å²) in [5, 5.41) is 6.28. The zero-order valence-electron chi connectivity index (χ0n) is 19.2. The van der Waals surface area contributed by atoms with Crippen LogP contribution in [0.4, 0.5) is 16.2 Å². The van der Waals surface area contributed by atoms with Gasteiger partial charge in [-0.1, -0.05) is 38.8 Å². The molecule has 0 unspecified atom stereocenters. The van der Waals surface area contributed by atoms with Crippen molar-refractivity contribution in [3.63, 3.8) is 0 Å². The molecule has 2 N–H and O–H groups in total. The Kier molecular flexibility index (Phi) is 8.40. The largest absolute Gasteiger partial charge is 0.372 e. The van der Waals surface area contributed by atoms with Crippen molar-refractivity contribution < 1.29 is 9.53 Å². The Balaban J connectivity index is 1.63. The number of anilines is 2. The highest BCUT2D eigenvalue weighted by atomic mass is 16.5. The number of amides is 2. The van der Waals surface area contributed by atoms with Gasteiger partial charge in [0.2, 0.25) is 0 Å². The lowest BCUT2D eigenvalue weighted by atomic mass is 9.93. The number of hydrogen-bond donors (Lipinski definition) is 2. The molecule has 168 valence electrons. The lowest BCUT2D eigenvalue weighted by molar-refractivity contribution is -0.00517. The van der Waals surface area contributed by atoms with Crippen molar-refractivity contribution in [3.8, 4) is 0 Å². The summed E-state index contributed by atoms with van der Waals surface area (Å²) in [5.41, 5.74) is 1.92. The number of likely N-dealkylation sites (tertiary alicyclic amines) is 1. The molecule has 0 aromatic heterocycles. The fourth-order valence-corrected chi connectivity index (χ4v) is 5.09. The van der Waals surface area contributed by atoms with Gasteiger partial charge in [0, 0.05) is 25.7 Å². The fraction of sp³-hybridized carbons (Fsp3) is 0.708. The highest BCUT2D eigenvalue weighted by Crippen LogP contribution is 2.28. The van der Waals surface area contributed by atoms with Crippen molar-refractivity contribution in [1.82, 2.24) is 10.2 Å². The molecule has 2 aliphatic rings. The molecular formula is C24H40N4O2. The van der Waals surface area contributed by atoms with Crippen LogP contribution in [0.3, 0.4) is 0 Å². The first-order valence-corrected chi connectivity index (χ1v) is 11.8. The minimum Gasteiger partial charge on any atom is -0.372 e. The van der Waals surface area contributed by atoms with Crippen LogP contribution in [0.5, 0.6) is 0 Å². The van der Waals surface area contributed by atoms with Gasteiger partial charge in [-0.25, -0.2) is 4.79 Å². The third-order valence-corrected chi connectivity index (χ3v) is 6.59. The Hall–Kier alpha value is -1.79. The molecule has 2 aliphatic heterocycles. The van der Waals surface area contributed by atoms with Gasteiger partial charge >= 0.3 is 6.03 Å². The Morgan fingerprint density at radius 2 is 1.73 bits per heavy atom. The first-order valence-electron chi connectivity index (χ1n) is 11.8. The predicted molar refractivity (Wildman–Crippen MR) is 124 cm³/mol. The van der Waals surface area contributed by atoms with Gasteiger partial charge in [0.05, 0.1) is 23.6 Å². The molecular weight excluding hydrogens is 376 g/mol. The SMILES string of the molecule is CCC(CC)[C@H](CNC(=O)Nc1ccccc1N1C[C@@H](C)O[C@H](C)C1)N1CCCC1. The van der Waals surface area contributed by atoms with E-state index in [9.17, 15) is 4.79 Å².